The standard InChI is InChI=1S/C21H32N4O5S/c1-5-9-23(10-6-2)20(17(3)4)16-22-19-8-7-18(25(26)27)15-21(19)31(28,29)24-11-13-30-14-12-24/h5-8,15,17,20,22H,1-2,9-14,16H2,3-4H3. The van der Waals surface area contributed by atoms with E-state index in [2.05, 4.69) is 37.2 Å². The maximum absolute atomic E-state index is 13.3. The molecular weight excluding hydrogens is 420 g/mol. The summed E-state index contributed by atoms with van der Waals surface area (Å²) in [5.74, 6) is 0.268. The number of sulfonamides is 1. The Labute approximate surface area is 184 Å². The highest BCUT2D eigenvalue weighted by Gasteiger charge is 2.31. The molecule has 2 rings (SSSR count). The van der Waals surface area contributed by atoms with Crippen molar-refractivity contribution < 1.29 is 18.1 Å². The number of anilines is 1. The molecule has 0 spiro atoms. The Bertz CT molecular complexity index is 872. The molecule has 9 nitrogen and oxygen atoms in total. The lowest BCUT2D eigenvalue weighted by Crippen LogP contribution is -2.44. The van der Waals surface area contributed by atoms with E-state index in [4.69, 9.17) is 4.74 Å². The smallest absolute Gasteiger partial charge is 0.270 e. The molecule has 1 saturated heterocycles. The Balaban J connectivity index is 2.37. The second kappa shape index (κ2) is 11.4. The quantitative estimate of drug-likeness (QED) is 0.295. The summed E-state index contributed by atoms with van der Waals surface area (Å²) in [6, 6.07) is 3.98. The molecule has 0 radical (unpaired) electrons. The SMILES string of the molecule is C=CCN(CC=C)C(CNc1ccc([N+](=O)[O-])cc1S(=O)(=O)N1CCOCC1)C(C)C. The van der Waals surface area contributed by atoms with Gasteiger partial charge in [-0.15, -0.1) is 13.2 Å². The first-order valence-corrected chi connectivity index (χ1v) is 11.7. The highest BCUT2D eigenvalue weighted by Crippen LogP contribution is 2.30. The van der Waals surface area contributed by atoms with Gasteiger partial charge in [0.15, 0.2) is 0 Å². The zero-order chi connectivity index (χ0) is 23.0. The number of benzene rings is 1. The maximum Gasteiger partial charge on any atom is 0.270 e. The van der Waals surface area contributed by atoms with E-state index in [-0.39, 0.29) is 35.6 Å². The molecule has 1 heterocycles. The molecule has 31 heavy (non-hydrogen) atoms. The predicted molar refractivity (Wildman–Crippen MR) is 122 cm³/mol. The number of nitrogens with one attached hydrogen (secondary N) is 1. The maximum atomic E-state index is 13.3. The van der Waals surface area contributed by atoms with Crippen molar-refractivity contribution in [3.8, 4) is 0 Å². The average molecular weight is 453 g/mol. The highest BCUT2D eigenvalue weighted by molar-refractivity contribution is 7.89. The molecule has 1 atom stereocenters. The van der Waals surface area contributed by atoms with Crippen LogP contribution < -0.4 is 5.32 Å². The van der Waals surface area contributed by atoms with Crippen LogP contribution in [0.3, 0.4) is 0 Å². The summed E-state index contributed by atoms with van der Waals surface area (Å²) in [6.45, 7) is 14.6. The fourth-order valence-corrected chi connectivity index (χ4v) is 5.18. The number of hydrogen-bond acceptors (Lipinski definition) is 7. The van der Waals surface area contributed by atoms with Gasteiger partial charge < -0.3 is 10.1 Å². The largest absolute Gasteiger partial charge is 0.382 e. The van der Waals surface area contributed by atoms with Gasteiger partial charge in [0.2, 0.25) is 10.0 Å². The highest BCUT2D eigenvalue weighted by atomic mass is 32.2. The summed E-state index contributed by atoms with van der Waals surface area (Å²) in [5, 5.41) is 14.5. The van der Waals surface area contributed by atoms with Crippen LogP contribution in [0, 0.1) is 16.0 Å². The van der Waals surface area contributed by atoms with E-state index in [1.807, 2.05) is 12.2 Å². The van der Waals surface area contributed by atoms with E-state index < -0.39 is 14.9 Å². The number of nitrogens with zero attached hydrogens (tertiary/aromatic N) is 3. The van der Waals surface area contributed by atoms with Crippen LogP contribution in [0.15, 0.2) is 48.4 Å². The van der Waals surface area contributed by atoms with Crippen molar-refractivity contribution in [2.24, 2.45) is 5.92 Å². The summed E-state index contributed by atoms with van der Waals surface area (Å²) in [5.41, 5.74) is 0.0811. The first-order chi connectivity index (χ1) is 14.7. The normalized spacial score (nSPS) is 16.3. The first-order valence-electron chi connectivity index (χ1n) is 10.3. The van der Waals surface area contributed by atoms with Crippen LogP contribution in [0.4, 0.5) is 11.4 Å². The Kier molecular flexibility index (Phi) is 9.17. The number of nitro groups is 1. The lowest BCUT2D eigenvalue weighted by atomic mass is 10.0. The van der Waals surface area contributed by atoms with Crippen molar-refractivity contribution in [1.82, 2.24) is 9.21 Å². The fourth-order valence-electron chi connectivity index (χ4n) is 3.59. The Morgan fingerprint density at radius 2 is 1.87 bits per heavy atom. The van der Waals surface area contributed by atoms with Gasteiger partial charge in [0.25, 0.3) is 5.69 Å². The van der Waals surface area contributed by atoms with E-state index in [0.29, 0.717) is 38.5 Å². The molecule has 0 amide bonds. The summed E-state index contributed by atoms with van der Waals surface area (Å²) < 4.78 is 33.1. The second-order valence-corrected chi connectivity index (χ2v) is 9.58. The minimum absolute atomic E-state index is 0.0742. The van der Waals surface area contributed by atoms with Crippen molar-refractivity contribution in [2.75, 3.05) is 51.3 Å². The van der Waals surface area contributed by atoms with Gasteiger partial charge in [-0.05, 0) is 12.0 Å². The Morgan fingerprint density at radius 3 is 2.39 bits per heavy atom. The van der Waals surface area contributed by atoms with E-state index in [0.717, 1.165) is 6.07 Å². The van der Waals surface area contributed by atoms with E-state index in [9.17, 15) is 18.5 Å². The number of non-ortho nitro benzene ring substituents is 1. The van der Waals surface area contributed by atoms with Gasteiger partial charge in [-0.25, -0.2) is 8.42 Å². The van der Waals surface area contributed by atoms with Gasteiger partial charge in [-0.2, -0.15) is 4.31 Å². The molecule has 1 unspecified atom stereocenters. The van der Waals surface area contributed by atoms with Crippen molar-refractivity contribution in [3.05, 3.63) is 53.6 Å². The molecule has 10 heteroatoms. The molecule has 0 aromatic heterocycles. The molecule has 1 aliphatic heterocycles. The zero-order valence-electron chi connectivity index (χ0n) is 18.2. The molecular formula is C21H32N4O5S. The minimum Gasteiger partial charge on any atom is -0.382 e. The number of rotatable bonds is 12. The average Bonchev–Trinajstić information content (AvgIpc) is 2.74. The lowest BCUT2D eigenvalue weighted by molar-refractivity contribution is -0.385. The number of nitro benzene ring substituents is 1. The summed E-state index contributed by atoms with van der Waals surface area (Å²) in [4.78, 5) is 12.8. The van der Waals surface area contributed by atoms with Crippen molar-refractivity contribution in [2.45, 2.75) is 24.8 Å². The van der Waals surface area contributed by atoms with Gasteiger partial charge in [-0.3, -0.25) is 15.0 Å². The molecule has 1 aromatic rings. The van der Waals surface area contributed by atoms with Crippen molar-refractivity contribution >= 4 is 21.4 Å². The predicted octanol–water partition coefficient (Wildman–Crippen LogP) is 2.73. The molecule has 0 bridgehead atoms. The lowest BCUT2D eigenvalue weighted by Gasteiger charge is -2.34. The third-order valence-electron chi connectivity index (χ3n) is 5.23. The van der Waals surface area contributed by atoms with Gasteiger partial charge in [-0.1, -0.05) is 26.0 Å². The van der Waals surface area contributed by atoms with Crippen LogP contribution in [0.2, 0.25) is 0 Å². The van der Waals surface area contributed by atoms with Gasteiger partial charge in [0, 0.05) is 50.9 Å². The van der Waals surface area contributed by atoms with E-state index in [1.165, 1.54) is 16.4 Å². The molecule has 1 aromatic carbocycles. The van der Waals surface area contributed by atoms with Crippen LogP contribution in [-0.4, -0.2) is 74.5 Å². The summed E-state index contributed by atoms with van der Waals surface area (Å²) in [7, 11) is -3.92. The molecule has 0 aliphatic carbocycles. The fraction of sp³-hybridized carbons (Fsp3) is 0.524. The van der Waals surface area contributed by atoms with Crippen LogP contribution in [0.25, 0.3) is 0 Å². The molecule has 1 aliphatic rings. The number of hydrogen-bond donors (Lipinski definition) is 1. The van der Waals surface area contributed by atoms with E-state index >= 15 is 0 Å². The van der Waals surface area contributed by atoms with Crippen LogP contribution in [-0.2, 0) is 14.8 Å². The number of morpholine rings is 1. The van der Waals surface area contributed by atoms with Gasteiger partial charge >= 0.3 is 0 Å². The van der Waals surface area contributed by atoms with Gasteiger partial charge in [0.05, 0.1) is 23.8 Å². The molecule has 1 fully saturated rings. The minimum atomic E-state index is -3.92. The Morgan fingerprint density at radius 1 is 1.26 bits per heavy atom. The third-order valence-corrected chi connectivity index (χ3v) is 7.17. The van der Waals surface area contributed by atoms with Crippen LogP contribution in [0.1, 0.15) is 13.8 Å². The first kappa shape index (κ1) is 25.0. The van der Waals surface area contributed by atoms with Crippen molar-refractivity contribution in [1.29, 1.82) is 0 Å². The monoisotopic (exact) mass is 452 g/mol. The third kappa shape index (κ3) is 6.36. The van der Waals surface area contributed by atoms with Crippen LogP contribution >= 0.6 is 0 Å². The van der Waals surface area contributed by atoms with Crippen molar-refractivity contribution in [3.63, 3.8) is 0 Å². The zero-order valence-corrected chi connectivity index (χ0v) is 19.0. The molecule has 172 valence electrons. The summed E-state index contributed by atoms with van der Waals surface area (Å²) >= 11 is 0. The number of ether oxygens (including phenoxy) is 1. The molecule has 1 N–H and O–H groups in total. The second-order valence-electron chi connectivity index (χ2n) is 7.68. The van der Waals surface area contributed by atoms with Gasteiger partial charge in [0.1, 0.15) is 4.90 Å². The van der Waals surface area contributed by atoms with E-state index in [1.54, 1.807) is 0 Å². The molecule has 0 saturated carbocycles. The Hall–Kier alpha value is -2.27. The summed E-state index contributed by atoms with van der Waals surface area (Å²) in [6.07, 6.45) is 3.64. The topological polar surface area (TPSA) is 105 Å². The van der Waals surface area contributed by atoms with Crippen LogP contribution in [0.5, 0.6) is 0 Å².